The van der Waals surface area contributed by atoms with Gasteiger partial charge in [0.05, 0.1) is 6.04 Å². The van der Waals surface area contributed by atoms with E-state index in [0.29, 0.717) is 6.61 Å². The highest BCUT2D eigenvalue weighted by molar-refractivity contribution is 7.10. The average molecular weight is 261 g/mol. The van der Waals surface area contributed by atoms with Gasteiger partial charge in [0, 0.05) is 4.88 Å². The Morgan fingerprint density at radius 2 is 2.00 bits per heavy atom. The standard InChI is InChI=1S/C15H19NOS/c1-3-16-14(15-12(2)9-10-18-15)11-17-13-7-5-4-6-8-13/h4-10,14,16H,3,11H2,1-2H3. The van der Waals surface area contributed by atoms with Crippen molar-refractivity contribution in [2.75, 3.05) is 13.2 Å². The third-order valence-corrected chi connectivity index (χ3v) is 3.96. The van der Waals surface area contributed by atoms with Gasteiger partial charge in [-0.2, -0.15) is 0 Å². The van der Waals surface area contributed by atoms with Gasteiger partial charge in [0.2, 0.25) is 0 Å². The first-order chi connectivity index (χ1) is 8.81. The van der Waals surface area contributed by atoms with Gasteiger partial charge < -0.3 is 10.1 Å². The number of ether oxygens (including phenoxy) is 1. The van der Waals surface area contributed by atoms with Crippen LogP contribution in [0.3, 0.4) is 0 Å². The Labute approximate surface area is 113 Å². The molecule has 1 heterocycles. The Bertz CT molecular complexity index is 466. The number of para-hydroxylation sites is 1. The lowest BCUT2D eigenvalue weighted by Crippen LogP contribution is -2.26. The van der Waals surface area contributed by atoms with Gasteiger partial charge in [-0.15, -0.1) is 11.3 Å². The Hall–Kier alpha value is -1.32. The molecular weight excluding hydrogens is 242 g/mol. The first-order valence-corrected chi connectivity index (χ1v) is 7.14. The third kappa shape index (κ3) is 3.34. The van der Waals surface area contributed by atoms with Crippen LogP contribution < -0.4 is 10.1 Å². The molecule has 2 nitrogen and oxygen atoms in total. The number of hydrogen-bond donors (Lipinski definition) is 1. The van der Waals surface area contributed by atoms with Gasteiger partial charge in [-0.3, -0.25) is 0 Å². The molecule has 0 radical (unpaired) electrons. The SMILES string of the molecule is CCNC(COc1ccccc1)c1sccc1C. The molecular formula is C15H19NOS. The Morgan fingerprint density at radius 3 is 2.61 bits per heavy atom. The minimum absolute atomic E-state index is 0.273. The van der Waals surface area contributed by atoms with Crippen LogP contribution in [0.1, 0.15) is 23.4 Å². The van der Waals surface area contributed by atoms with Crippen molar-refractivity contribution in [2.24, 2.45) is 0 Å². The van der Waals surface area contributed by atoms with Crippen molar-refractivity contribution in [2.45, 2.75) is 19.9 Å². The number of nitrogens with one attached hydrogen (secondary N) is 1. The number of aryl methyl sites for hydroxylation is 1. The minimum Gasteiger partial charge on any atom is -0.492 e. The summed E-state index contributed by atoms with van der Waals surface area (Å²) in [4.78, 5) is 1.37. The highest BCUT2D eigenvalue weighted by atomic mass is 32.1. The smallest absolute Gasteiger partial charge is 0.119 e. The maximum absolute atomic E-state index is 5.84. The van der Waals surface area contributed by atoms with Gasteiger partial charge in [-0.05, 0) is 42.6 Å². The van der Waals surface area contributed by atoms with Crippen LogP contribution >= 0.6 is 11.3 Å². The van der Waals surface area contributed by atoms with Crippen LogP contribution in [0.15, 0.2) is 41.8 Å². The Balaban J connectivity index is 2.01. The lowest BCUT2D eigenvalue weighted by molar-refractivity contribution is 0.270. The second-order valence-corrected chi connectivity index (χ2v) is 5.15. The summed E-state index contributed by atoms with van der Waals surface area (Å²) in [5, 5.41) is 5.62. The third-order valence-electron chi connectivity index (χ3n) is 2.83. The topological polar surface area (TPSA) is 21.3 Å². The molecule has 0 fully saturated rings. The van der Waals surface area contributed by atoms with Crippen molar-refractivity contribution in [1.82, 2.24) is 5.32 Å². The van der Waals surface area contributed by atoms with Crippen molar-refractivity contribution >= 4 is 11.3 Å². The van der Waals surface area contributed by atoms with Crippen LogP contribution in [0.5, 0.6) is 5.75 Å². The van der Waals surface area contributed by atoms with E-state index in [-0.39, 0.29) is 6.04 Å². The molecule has 0 spiro atoms. The molecule has 3 heteroatoms. The maximum atomic E-state index is 5.84. The second kappa shape index (κ2) is 6.57. The van der Waals surface area contributed by atoms with E-state index < -0.39 is 0 Å². The zero-order chi connectivity index (χ0) is 12.8. The molecule has 0 aliphatic rings. The molecule has 0 saturated heterocycles. The Kier molecular flexibility index (Phi) is 4.79. The molecule has 2 rings (SSSR count). The van der Waals surface area contributed by atoms with E-state index in [4.69, 9.17) is 4.74 Å². The van der Waals surface area contributed by atoms with E-state index in [1.807, 2.05) is 30.3 Å². The van der Waals surface area contributed by atoms with E-state index in [0.717, 1.165) is 12.3 Å². The van der Waals surface area contributed by atoms with Crippen LogP contribution in [0.4, 0.5) is 0 Å². The summed E-state index contributed by atoms with van der Waals surface area (Å²) in [6.07, 6.45) is 0. The summed E-state index contributed by atoms with van der Waals surface area (Å²) in [5.41, 5.74) is 1.34. The molecule has 0 aliphatic carbocycles. The Morgan fingerprint density at radius 1 is 1.22 bits per heavy atom. The fourth-order valence-corrected chi connectivity index (χ4v) is 2.90. The van der Waals surface area contributed by atoms with E-state index in [2.05, 4.69) is 30.6 Å². The predicted octanol–water partition coefficient (Wildman–Crippen LogP) is 3.79. The van der Waals surface area contributed by atoms with Crippen LogP contribution in [0.2, 0.25) is 0 Å². The minimum atomic E-state index is 0.273. The summed E-state index contributed by atoms with van der Waals surface area (Å²) in [6, 6.07) is 12.4. The van der Waals surface area contributed by atoms with Crippen molar-refractivity contribution < 1.29 is 4.74 Å². The monoisotopic (exact) mass is 261 g/mol. The lowest BCUT2D eigenvalue weighted by Gasteiger charge is -2.18. The van der Waals surface area contributed by atoms with Gasteiger partial charge >= 0.3 is 0 Å². The van der Waals surface area contributed by atoms with E-state index >= 15 is 0 Å². The molecule has 0 amide bonds. The van der Waals surface area contributed by atoms with Gasteiger partial charge in [-0.25, -0.2) is 0 Å². The quantitative estimate of drug-likeness (QED) is 0.854. The zero-order valence-electron chi connectivity index (χ0n) is 10.8. The van der Waals surface area contributed by atoms with Crippen molar-refractivity contribution in [3.8, 4) is 5.75 Å². The molecule has 1 aromatic heterocycles. The van der Waals surface area contributed by atoms with Gasteiger partial charge in [-0.1, -0.05) is 25.1 Å². The van der Waals surface area contributed by atoms with Gasteiger partial charge in [0.25, 0.3) is 0 Å². The molecule has 1 unspecified atom stereocenters. The number of thiophene rings is 1. The number of likely N-dealkylation sites (N-methyl/N-ethyl adjacent to an activating group) is 1. The zero-order valence-corrected chi connectivity index (χ0v) is 11.7. The van der Waals surface area contributed by atoms with Crippen molar-refractivity contribution in [1.29, 1.82) is 0 Å². The molecule has 1 N–H and O–H groups in total. The van der Waals surface area contributed by atoms with Gasteiger partial charge in [0.1, 0.15) is 12.4 Å². The van der Waals surface area contributed by atoms with Crippen LogP contribution in [-0.2, 0) is 0 Å². The number of hydrogen-bond acceptors (Lipinski definition) is 3. The predicted molar refractivity (Wildman–Crippen MR) is 77.4 cm³/mol. The fraction of sp³-hybridized carbons (Fsp3) is 0.333. The first-order valence-electron chi connectivity index (χ1n) is 6.26. The average Bonchev–Trinajstić information content (AvgIpc) is 2.82. The number of rotatable bonds is 6. The second-order valence-electron chi connectivity index (χ2n) is 4.20. The molecule has 0 aliphatic heterocycles. The normalized spacial score (nSPS) is 12.3. The molecule has 96 valence electrons. The summed E-state index contributed by atoms with van der Waals surface area (Å²) in [7, 11) is 0. The largest absolute Gasteiger partial charge is 0.492 e. The van der Waals surface area contributed by atoms with Crippen LogP contribution in [0.25, 0.3) is 0 Å². The summed E-state index contributed by atoms with van der Waals surface area (Å²) >= 11 is 1.79. The molecule has 18 heavy (non-hydrogen) atoms. The molecule has 0 saturated carbocycles. The molecule has 1 aromatic carbocycles. The lowest BCUT2D eigenvalue weighted by atomic mass is 10.2. The summed E-state index contributed by atoms with van der Waals surface area (Å²) in [5.74, 6) is 0.926. The van der Waals surface area contributed by atoms with Crippen LogP contribution in [-0.4, -0.2) is 13.2 Å². The van der Waals surface area contributed by atoms with E-state index in [9.17, 15) is 0 Å². The number of benzene rings is 1. The summed E-state index contributed by atoms with van der Waals surface area (Å²) in [6.45, 7) is 5.89. The molecule has 0 bridgehead atoms. The maximum Gasteiger partial charge on any atom is 0.119 e. The highest BCUT2D eigenvalue weighted by Crippen LogP contribution is 2.24. The first kappa shape index (κ1) is 13.1. The highest BCUT2D eigenvalue weighted by Gasteiger charge is 2.14. The molecule has 1 atom stereocenters. The van der Waals surface area contributed by atoms with Crippen LogP contribution in [0, 0.1) is 6.92 Å². The summed E-state index contributed by atoms with van der Waals surface area (Å²) < 4.78 is 5.84. The van der Waals surface area contributed by atoms with Gasteiger partial charge in [0.15, 0.2) is 0 Å². The van der Waals surface area contributed by atoms with E-state index in [1.54, 1.807) is 11.3 Å². The van der Waals surface area contributed by atoms with Crippen molar-refractivity contribution in [3.63, 3.8) is 0 Å². The van der Waals surface area contributed by atoms with Crippen molar-refractivity contribution in [3.05, 3.63) is 52.2 Å². The molecule has 2 aromatic rings. The van der Waals surface area contributed by atoms with E-state index in [1.165, 1.54) is 10.4 Å². The fourth-order valence-electron chi connectivity index (χ4n) is 1.91.